The van der Waals surface area contributed by atoms with Crippen molar-refractivity contribution in [2.45, 2.75) is 26.3 Å². The van der Waals surface area contributed by atoms with E-state index in [0.717, 1.165) is 12.8 Å². The van der Waals surface area contributed by atoms with Gasteiger partial charge in [0.25, 0.3) is 0 Å². The zero-order valence-electron chi connectivity index (χ0n) is 10.3. The average Bonchev–Trinajstić information content (AvgIpc) is 2.73. The maximum Gasteiger partial charge on any atom is 0.318 e. The lowest BCUT2D eigenvalue weighted by atomic mass is 10.3. The van der Waals surface area contributed by atoms with Crippen LogP contribution < -0.4 is 16.0 Å². The fourth-order valence-corrected chi connectivity index (χ4v) is 1.37. The Bertz CT molecular complexity index is 352. The Kier molecular flexibility index (Phi) is 5.41. The van der Waals surface area contributed by atoms with Crippen LogP contribution in [0.4, 0.5) is 6.01 Å². The maximum absolute atomic E-state index is 11.0. The molecule has 3 N–H and O–H groups in total. The maximum atomic E-state index is 11.0. The second-order valence-electron chi connectivity index (χ2n) is 3.75. The number of hydrogen-bond donors (Lipinski definition) is 2. The number of anilines is 1. The van der Waals surface area contributed by atoms with Gasteiger partial charge in [-0.05, 0) is 13.5 Å². The highest BCUT2D eigenvalue weighted by atomic mass is 16.4. The molecule has 1 rings (SSSR count). The summed E-state index contributed by atoms with van der Waals surface area (Å²) < 4.78 is 5.42. The lowest BCUT2D eigenvalue weighted by Gasteiger charge is -2.17. The summed E-state index contributed by atoms with van der Waals surface area (Å²) in [5, 5.41) is 10.7. The van der Waals surface area contributed by atoms with Crippen molar-refractivity contribution in [3.05, 3.63) is 5.89 Å². The molecule has 7 nitrogen and oxygen atoms in total. The van der Waals surface area contributed by atoms with E-state index in [-0.39, 0.29) is 6.54 Å². The van der Waals surface area contributed by atoms with Gasteiger partial charge in [0.1, 0.15) is 6.54 Å². The van der Waals surface area contributed by atoms with E-state index in [1.807, 2.05) is 0 Å². The summed E-state index contributed by atoms with van der Waals surface area (Å²) in [6.07, 6.45) is 1.96. The van der Waals surface area contributed by atoms with Crippen LogP contribution in [0.5, 0.6) is 0 Å². The number of nitrogens with two attached hydrogens (primary N) is 1. The first-order valence-electron chi connectivity index (χ1n) is 5.67. The fourth-order valence-electron chi connectivity index (χ4n) is 1.37. The quantitative estimate of drug-likeness (QED) is 0.658. The van der Waals surface area contributed by atoms with E-state index < -0.39 is 5.91 Å². The molecule has 0 aromatic carbocycles. The SMILES string of the molecule is CCCCN(CC(N)=O)c1nnc(CNC)o1. The summed E-state index contributed by atoms with van der Waals surface area (Å²) in [6.45, 7) is 3.36. The Morgan fingerprint density at radius 3 is 2.88 bits per heavy atom. The van der Waals surface area contributed by atoms with Crippen molar-refractivity contribution in [1.82, 2.24) is 15.5 Å². The number of aromatic nitrogens is 2. The first-order valence-corrected chi connectivity index (χ1v) is 5.67. The predicted octanol–water partition coefficient (Wildman–Crippen LogP) is -0.119. The highest BCUT2D eigenvalue weighted by Crippen LogP contribution is 2.12. The molecule has 0 aliphatic carbocycles. The van der Waals surface area contributed by atoms with Crippen LogP contribution >= 0.6 is 0 Å². The molecule has 0 saturated carbocycles. The van der Waals surface area contributed by atoms with E-state index in [0.29, 0.717) is 25.0 Å². The monoisotopic (exact) mass is 241 g/mol. The van der Waals surface area contributed by atoms with E-state index in [2.05, 4.69) is 22.4 Å². The summed E-state index contributed by atoms with van der Waals surface area (Å²) in [5.74, 6) is 0.0861. The van der Waals surface area contributed by atoms with Crippen LogP contribution in [-0.4, -0.2) is 36.2 Å². The minimum Gasteiger partial charge on any atom is -0.407 e. The van der Waals surface area contributed by atoms with E-state index in [4.69, 9.17) is 10.2 Å². The molecule has 0 bridgehead atoms. The summed E-state index contributed by atoms with van der Waals surface area (Å²) in [5.41, 5.74) is 5.19. The summed E-state index contributed by atoms with van der Waals surface area (Å²) in [7, 11) is 1.79. The normalized spacial score (nSPS) is 10.5. The van der Waals surface area contributed by atoms with Gasteiger partial charge in [0, 0.05) is 6.54 Å². The number of carbonyl (C=O) groups excluding carboxylic acids is 1. The van der Waals surface area contributed by atoms with Crippen LogP contribution in [0.2, 0.25) is 0 Å². The van der Waals surface area contributed by atoms with Crippen molar-refractivity contribution < 1.29 is 9.21 Å². The van der Waals surface area contributed by atoms with E-state index in [9.17, 15) is 4.79 Å². The van der Waals surface area contributed by atoms with E-state index in [1.165, 1.54) is 0 Å². The zero-order valence-corrected chi connectivity index (χ0v) is 10.3. The van der Waals surface area contributed by atoms with Gasteiger partial charge in [0.05, 0.1) is 6.54 Å². The molecule has 1 aromatic heterocycles. The smallest absolute Gasteiger partial charge is 0.318 e. The third-order valence-electron chi connectivity index (χ3n) is 2.18. The molecule has 1 aromatic rings. The Labute approximate surface area is 100 Å². The Hall–Kier alpha value is -1.63. The molecule has 7 heteroatoms. The van der Waals surface area contributed by atoms with Crippen LogP contribution in [0.15, 0.2) is 4.42 Å². The molecular weight excluding hydrogens is 222 g/mol. The number of nitrogens with zero attached hydrogens (tertiary/aromatic N) is 3. The number of primary amides is 1. The Balaban J connectivity index is 2.68. The number of amides is 1. The minimum atomic E-state index is -0.408. The lowest BCUT2D eigenvalue weighted by molar-refractivity contribution is -0.116. The average molecular weight is 241 g/mol. The molecule has 1 amide bonds. The van der Waals surface area contributed by atoms with Crippen molar-refractivity contribution in [2.24, 2.45) is 5.73 Å². The number of unbranched alkanes of at least 4 members (excludes halogenated alkanes) is 1. The minimum absolute atomic E-state index is 0.0984. The van der Waals surface area contributed by atoms with Crippen molar-refractivity contribution in [3.8, 4) is 0 Å². The highest BCUT2D eigenvalue weighted by Gasteiger charge is 2.15. The first kappa shape index (κ1) is 13.4. The fraction of sp³-hybridized carbons (Fsp3) is 0.700. The third-order valence-corrected chi connectivity index (χ3v) is 2.18. The molecule has 0 aliphatic heterocycles. The predicted molar refractivity (Wildman–Crippen MR) is 63.4 cm³/mol. The second kappa shape index (κ2) is 6.85. The number of nitrogens with one attached hydrogen (secondary N) is 1. The van der Waals surface area contributed by atoms with Gasteiger partial charge in [-0.1, -0.05) is 18.4 Å². The molecule has 96 valence electrons. The van der Waals surface area contributed by atoms with E-state index >= 15 is 0 Å². The molecule has 17 heavy (non-hydrogen) atoms. The van der Waals surface area contributed by atoms with Gasteiger partial charge in [0.15, 0.2) is 0 Å². The standard InChI is InChI=1S/C10H19N5O2/c1-3-4-5-15(7-8(11)16)10-14-13-9(17-10)6-12-2/h12H,3-7H2,1-2H3,(H2,11,16). The number of carbonyl (C=O) groups is 1. The van der Waals surface area contributed by atoms with Crippen molar-refractivity contribution in [1.29, 1.82) is 0 Å². The van der Waals surface area contributed by atoms with Crippen molar-refractivity contribution in [2.75, 3.05) is 25.0 Å². The molecule has 0 spiro atoms. The number of rotatable bonds is 8. The molecule has 0 fully saturated rings. The van der Waals surface area contributed by atoms with Crippen LogP contribution in [-0.2, 0) is 11.3 Å². The van der Waals surface area contributed by atoms with Crippen molar-refractivity contribution >= 4 is 11.9 Å². The van der Waals surface area contributed by atoms with Crippen molar-refractivity contribution in [3.63, 3.8) is 0 Å². The van der Waals surface area contributed by atoms with Gasteiger partial charge in [-0.3, -0.25) is 4.79 Å². The van der Waals surface area contributed by atoms with Gasteiger partial charge >= 0.3 is 6.01 Å². The first-order chi connectivity index (χ1) is 8.17. The lowest BCUT2D eigenvalue weighted by Crippen LogP contribution is -2.34. The summed E-state index contributed by atoms with van der Waals surface area (Å²) in [6, 6.07) is 0.350. The molecule has 1 heterocycles. The van der Waals surface area contributed by atoms with Gasteiger partial charge in [-0.25, -0.2) is 0 Å². The molecule has 0 atom stereocenters. The van der Waals surface area contributed by atoms with Gasteiger partial charge in [0.2, 0.25) is 11.8 Å². The number of hydrogen-bond acceptors (Lipinski definition) is 6. The Morgan fingerprint density at radius 2 is 2.29 bits per heavy atom. The third kappa shape index (κ3) is 4.39. The zero-order chi connectivity index (χ0) is 12.7. The van der Waals surface area contributed by atoms with E-state index in [1.54, 1.807) is 11.9 Å². The largest absolute Gasteiger partial charge is 0.407 e. The molecule has 0 unspecified atom stereocenters. The topological polar surface area (TPSA) is 97.3 Å². The van der Waals surface area contributed by atoms with Gasteiger partial charge in [-0.15, -0.1) is 5.10 Å². The van der Waals surface area contributed by atoms with Crippen LogP contribution in [0.25, 0.3) is 0 Å². The summed E-state index contributed by atoms with van der Waals surface area (Å²) in [4.78, 5) is 12.7. The summed E-state index contributed by atoms with van der Waals surface area (Å²) >= 11 is 0. The second-order valence-corrected chi connectivity index (χ2v) is 3.75. The Morgan fingerprint density at radius 1 is 1.53 bits per heavy atom. The van der Waals surface area contributed by atoms with Crippen LogP contribution in [0, 0.1) is 0 Å². The molecular formula is C10H19N5O2. The molecule has 0 aliphatic rings. The van der Waals surface area contributed by atoms with Gasteiger partial charge in [-0.2, -0.15) is 0 Å². The molecule has 0 saturated heterocycles. The van der Waals surface area contributed by atoms with Crippen LogP contribution in [0.1, 0.15) is 25.7 Å². The van der Waals surface area contributed by atoms with Crippen LogP contribution in [0.3, 0.4) is 0 Å². The molecule has 0 radical (unpaired) electrons. The highest BCUT2D eigenvalue weighted by molar-refractivity contribution is 5.78. The van der Waals surface area contributed by atoms with Gasteiger partial charge < -0.3 is 20.4 Å².